The van der Waals surface area contributed by atoms with Crippen molar-refractivity contribution < 1.29 is 19.1 Å². The van der Waals surface area contributed by atoms with Gasteiger partial charge in [0.2, 0.25) is 11.8 Å². The molecule has 2 amide bonds. The van der Waals surface area contributed by atoms with Gasteiger partial charge in [0.25, 0.3) is 0 Å². The Bertz CT molecular complexity index is 553. The smallest absolute Gasteiger partial charge is 0.225 e. The summed E-state index contributed by atoms with van der Waals surface area (Å²) in [5.41, 5.74) is -0.626. The van der Waals surface area contributed by atoms with E-state index in [9.17, 15) is 9.59 Å². The molecule has 2 heterocycles. The Morgan fingerprint density at radius 2 is 1.18 bits per heavy atom. The van der Waals surface area contributed by atoms with E-state index in [1.807, 2.05) is 51.3 Å². The minimum Gasteiger partial charge on any atom is -0.369 e. The Labute approximate surface area is 169 Å². The molecule has 2 aliphatic heterocycles. The van der Waals surface area contributed by atoms with E-state index in [-0.39, 0.29) is 47.1 Å². The molecule has 28 heavy (non-hydrogen) atoms. The third-order valence-electron chi connectivity index (χ3n) is 6.13. The number of amides is 2. The third-order valence-corrected chi connectivity index (χ3v) is 6.13. The molecular weight excluding hydrogens is 356 g/mol. The Kier molecular flexibility index (Phi) is 6.12. The maximum atomic E-state index is 13.2. The summed E-state index contributed by atoms with van der Waals surface area (Å²) in [6.45, 7) is 14.7. The molecule has 2 saturated heterocycles. The number of rotatable bonds is 2. The van der Waals surface area contributed by atoms with Gasteiger partial charge in [0.15, 0.2) is 0 Å². The van der Waals surface area contributed by atoms with E-state index in [1.165, 1.54) is 0 Å². The highest BCUT2D eigenvalue weighted by Crippen LogP contribution is 2.34. The summed E-state index contributed by atoms with van der Waals surface area (Å²) in [6.07, 6.45) is 3.49. The highest BCUT2D eigenvalue weighted by molar-refractivity contribution is 5.83. The Morgan fingerprint density at radius 1 is 0.786 bits per heavy atom. The largest absolute Gasteiger partial charge is 0.369 e. The zero-order valence-electron chi connectivity index (χ0n) is 18.5. The van der Waals surface area contributed by atoms with Gasteiger partial charge in [0.05, 0.1) is 23.4 Å². The molecule has 3 fully saturated rings. The van der Waals surface area contributed by atoms with Crippen molar-refractivity contribution in [3.05, 3.63) is 0 Å². The van der Waals surface area contributed by atoms with Crippen LogP contribution in [0.5, 0.6) is 0 Å². The van der Waals surface area contributed by atoms with Crippen molar-refractivity contribution in [2.75, 3.05) is 26.2 Å². The number of carbonyl (C=O) groups is 2. The normalized spacial score (nSPS) is 35.5. The lowest BCUT2D eigenvalue weighted by Crippen LogP contribution is -2.56. The molecule has 3 rings (SSSR count). The van der Waals surface area contributed by atoms with E-state index >= 15 is 0 Å². The first-order valence-electron chi connectivity index (χ1n) is 10.9. The van der Waals surface area contributed by atoms with Gasteiger partial charge in [0, 0.05) is 38.0 Å². The molecule has 6 nitrogen and oxygen atoms in total. The number of carbonyl (C=O) groups excluding carboxylic acids is 2. The molecule has 160 valence electrons. The van der Waals surface area contributed by atoms with E-state index in [4.69, 9.17) is 9.47 Å². The van der Waals surface area contributed by atoms with Gasteiger partial charge in [-0.2, -0.15) is 0 Å². The van der Waals surface area contributed by atoms with Crippen molar-refractivity contribution in [3.8, 4) is 0 Å². The molecule has 0 aromatic heterocycles. The lowest BCUT2D eigenvalue weighted by Gasteiger charge is -2.45. The SMILES string of the molecule is C[C@@H]1CN(C(=O)[C@@H]2CCC[C@H](C(=O)N3C[C@@H](C)OC(C)(C)C3)C2)CC(C)(C)O1. The number of hydrogen-bond acceptors (Lipinski definition) is 4. The molecular formula is C22H38N2O4. The minimum atomic E-state index is -0.313. The highest BCUT2D eigenvalue weighted by atomic mass is 16.5. The highest BCUT2D eigenvalue weighted by Gasteiger charge is 2.41. The van der Waals surface area contributed by atoms with Gasteiger partial charge in [-0.15, -0.1) is 0 Å². The summed E-state index contributed by atoms with van der Waals surface area (Å²) >= 11 is 0. The summed E-state index contributed by atoms with van der Waals surface area (Å²) < 4.78 is 11.9. The van der Waals surface area contributed by atoms with E-state index in [1.54, 1.807) is 0 Å². The number of morpholine rings is 2. The average molecular weight is 395 g/mol. The maximum absolute atomic E-state index is 13.2. The molecule has 1 aliphatic carbocycles. The summed E-state index contributed by atoms with van der Waals surface area (Å²) in [7, 11) is 0. The van der Waals surface area contributed by atoms with Gasteiger partial charge in [-0.05, 0) is 60.8 Å². The van der Waals surface area contributed by atoms with Crippen LogP contribution < -0.4 is 0 Å². The minimum absolute atomic E-state index is 0.0460. The van der Waals surface area contributed by atoms with Gasteiger partial charge in [-0.25, -0.2) is 0 Å². The monoisotopic (exact) mass is 394 g/mol. The first kappa shape index (κ1) is 21.6. The van der Waals surface area contributed by atoms with E-state index in [2.05, 4.69) is 0 Å². The molecule has 6 heteroatoms. The van der Waals surface area contributed by atoms with Crippen molar-refractivity contribution in [1.82, 2.24) is 9.80 Å². The van der Waals surface area contributed by atoms with Crippen molar-refractivity contribution in [2.24, 2.45) is 11.8 Å². The van der Waals surface area contributed by atoms with Crippen molar-refractivity contribution in [1.29, 1.82) is 0 Å². The second kappa shape index (κ2) is 7.94. The fourth-order valence-corrected chi connectivity index (χ4v) is 5.40. The van der Waals surface area contributed by atoms with E-state index in [0.29, 0.717) is 32.6 Å². The van der Waals surface area contributed by atoms with Crippen LogP contribution in [0.15, 0.2) is 0 Å². The van der Waals surface area contributed by atoms with Crippen LogP contribution in [0.2, 0.25) is 0 Å². The maximum Gasteiger partial charge on any atom is 0.225 e. The zero-order valence-corrected chi connectivity index (χ0v) is 18.5. The molecule has 0 N–H and O–H groups in total. The van der Waals surface area contributed by atoms with E-state index in [0.717, 1.165) is 19.3 Å². The Hall–Kier alpha value is -1.14. The van der Waals surface area contributed by atoms with Crippen molar-refractivity contribution in [2.45, 2.75) is 90.6 Å². The van der Waals surface area contributed by atoms with Crippen LogP contribution in [0.4, 0.5) is 0 Å². The van der Waals surface area contributed by atoms with Gasteiger partial charge in [0.1, 0.15) is 0 Å². The molecule has 0 aromatic carbocycles. The first-order valence-corrected chi connectivity index (χ1v) is 10.9. The second-order valence-electron chi connectivity index (χ2n) is 10.4. The number of ether oxygens (including phenoxy) is 2. The van der Waals surface area contributed by atoms with Crippen LogP contribution in [0.1, 0.15) is 67.2 Å². The molecule has 1 saturated carbocycles. The van der Waals surface area contributed by atoms with Crippen LogP contribution >= 0.6 is 0 Å². The van der Waals surface area contributed by atoms with Crippen molar-refractivity contribution >= 4 is 11.8 Å². The zero-order chi connectivity index (χ0) is 20.7. The molecule has 0 unspecified atom stereocenters. The molecule has 4 atom stereocenters. The molecule has 0 aromatic rings. The molecule has 3 aliphatic rings. The number of hydrogen-bond donors (Lipinski definition) is 0. The molecule has 0 radical (unpaired) electrons. The second-order valence-corrected chi connectivity index (χ2v) is 10.4. The quantitative estimate of drug-likeness (QED) is 0.723. The Balaban J connectivity index is 1.63. The summed E-state index contributed by atoms with van der Waals surface area (Å²) in [4.78, 5) is 30.4. The van der Waals surface area contributed by atoms with Crippen LogP contribution in [-0.4, -0.2) is 71.2 Å². The lowest BCUT2D eigenvalue weighted by molar-refractivity contribution is -0.166. The standard InChI is InChI=1S/C22H38N2O4/c1-15-11-23(13-21(3,4)27-15)19(25)17-8-7-9-18(10-17)20(26)24-12-16(2)28-22(5,6)14-24/h15-18H,7-14H2,1-6H3/t15-,16-,17-,18+/m1/s1. The van der Waals surface area contributed by atoms with E-state index < -0.39 is 0 Å². The van der Waals surface area contributed by atoms with Gasteiger partial charge < -0.3 is 19.3 Å². The van der Waals surface area contributed by atoms with Crippen molar-refractivity contribution in [3.63, 3.8) is 0 Å². The van der Waals surface area contributed by atoms with Gasteiger partial charge in [-0.1, -0.05) is 6.42 Å². The fourth-order valence-electron chi connectivity index (χ4n) is 5.40. The predicted molar refractivity (Wildman–Crippen MR) is 108 cm³/mol. The van der Waals surface area contributed by atoms with Gasteiger partial charge >= 0.3 is 0 Å². The van der Waals surface area contributed by atoms with Crippen LogP contribution in [-0.2, 0) is 19.1 Å². The predicted octanol–water partition coefficient (Wildman–Crippen LogP) is 2.84. The van der Waals surface area contributed by atoms with Crippen LogP contribution in [0.25, 0.3) is 0 Å². The third kappa shape index (κ3) is 5.07. The Morgan fingerprint density at radius 3 is 1.54 bits per heavy atom. The average Bonchev–Trinajstić information content (AvgIpc) is 2.57. The van der Waals surface area contributed by atoms with Gasteiger partial charge in [-0.3, -0.25) is 9.59 Å². The summed E-state index contributed by atoms with van der Waals surface area (Å²) in [5, 5.41) is 0. The summed E-state index contributed by atoms with van der Waals surface area (Å²) in [5.74, 6) is 0.318. The first-order chi connectivity index (χ1) is 13.0. The lowest BCUT2D eigenvalue weighted by atomic mass is 9.79. The topological polar surface area (TPSA) is 59.1 Å². The van der Waals surface area contributed by atoms with Crippen LogP contribution in [0, 0.1) is 11.8 Å². The summed E-state index contributed by atoms with van der Waals surface area (Å²) in [6, 6.07) is 0. The fraction of sp³-hybridized carbons (Fsp3) is 0.909. The number of nitrogens with zero attached hydrogens (tertiary/aromatic N) is 2. The van der Waals surface area contributed by atoms with Crippen LogP contribution in [0.3, 0.4) is 0 Å². The molecule has 0 spiro atoms. The molecule has 0 bridgehead atoms.